The van der Waals surface area contributed by atoms with Crippen LogP contribution in [0.4, 0.5) is 5.69 Å². The van der Waals surface area contributed by atoms with E-state index in [4.69, 9.17) is 16.3 Å². The Hall–Kier alpha value is -1.59. The Morgan fingerprint density at radius 1 is 1.38 bits per heavy atom. The molecule has 0 N–H and O–H groups in total. The number of hydrogen-bond donors (Lipinski definition) is 0. The average molecular weight is 353 g/mol. The van der Waals surface area contributed by atoms with Crippen LogP contribution in [-0.2, 0) is 4.79 Å². The van der Waals surface area contributed by atoms with Gasteiger partial charge in [-0.05, 0) is 51.2 Å². The van der Waals surface area contributed by atoms with E-state index >= 15 is 0 Å². The molecule has 0 fully saturated rings. The van der Waals surface area contributed by atoms with Crippen LogP contribution in [0.15, 0.2) is 18.2 Å². The molecule has 2 rings (SSSR count). The van der Waals surface area contributed by atoms with Crippen LogP contribution in [0, 0.1) is 5.92 Å². The highest BCUT2D eigenvalue weighted by molar-refractivity contribution is 6.30. The number of anilines is 1. The minimum atomic E-state index is -0.494. The maximum atomic E-state index is 12.8. The molecule has 132 valence electrons. The van der Waals surface area contributed by atoms with Crippen molar-refractivity contribution in [3.8, 4) is 5.75 Å². The maximum absolute atomic E-state index is 12.8. The number of carbonyl (C=O) groups is 2. The molecule has 1 aromatic rings. The van der Waals surface area contributed by atoms with Crippen LogP contribution in [-0.4, -0.2) is 55.8 Å². The first kappa shape index (κ1) is 18.7. The van der Waals surface area contributed by atoms with Gasteiger partial charge in [0, 0.05) is 12.1 Å². The van der Waals surface area contributed by atoms with Gasteiger partial charge in [-0.3, -0.25) is 9.59 Å². The number of amides is 1. The Bertz CT molecular complexity index is 616. The predicted molar refractivity (Wildman–Crippen MR) is 96.3 cm³/mol. The van der Waals surface area contributed by atoms with Crippen molar-refractivity contribution in [1.29, 1.82) is 0 Å². The van der Waals surface area contributed by atoms with Crippen molar-refractivity contribution in [2.45, 2.75) is 26.4 Å². The summed E-state index contributed by atoms with van der Waals surface area (Å²) in [4.78, 5) is 28.5. The zero-order valence-corrected chi connectivity index (χ0v) is 15.5. The van der Waals surface area contributed by atoms with Crippen molar-refractivity contribution in [3.63, 3.8) is 0 Å². The highest BCUT2D eigenvalue weighted by Gasteiger charge is 2.36. The maximum Gasteiger partial charge on any atom is 0.268 e. The molecule has 0 aliphatic carbocycles. The molecule has 0 saturated carbocycles. The van der Waals surface area contributed by atoms with Crippen molar-refractivity contribution in [2.75, 3.05) is 38.0 Å². The van der Waals surface area contributed by atoms with Crippen LogP contribution >= 0.6 is 11.6 Å². The number of ketones is 1. The van der Waals surface area contributed by atoms with Gasteiger partial charge in [0.1, 0.15) is 5.75 Å². The minimum absolute atomic E-state index is 0.0493. The summed E-state index contributed by atoms with van der Waals surface area (Å²) >= 11 is 5.65. The third-order valence-corrected chi connectivity index (χ3v) is 4.29. The SMILES string of the molecule is CC(C)C1Oc2ccc(C(=O)CCl)cc2N(CCCN(C)C)C1=O. The van der Waals surface area contributed by atoms with Crippen molar-refractivity contribution in [3.05, 3.63) is 23.8 Å². The van der Waals surface area contributed by atoms with Crippen LogP contribution in [0.2, 0.25) is 0 Å². The Balaban J connectivity index is 2.35. The third-order valence-electron chi connectivity index (χ3n) is 4.05. The first-order valence-electron chi connectivity index (χ1n) is 8.21. The molecule has 1 amide bonds. The summed E-state index contributed by atoms with van der Waals surface area (Å²) in [5, 5.41) is 0. The smallest absolute Gasteiger partial charge is 0.268 e. The fourth-order valence-corrected chi connectivity index (χ4v) is 2.89. The number of Topliss-reactive ketones (excluding diaryl/α,β-unsaturated/α-hetero) is 1. The lowest BCUT2D eigenvalue weighted by Gasteiger charge is -2.36. The summed E-state index contributed by atoms with van der Waals surface area (Å²) < 4.78 is 5.89. The Kier molecular flexibility index (Phi) is 6.24. The Morgan fingerprint density at radius 2 is 2.08 bits per heavy atom. The van der Waals surface area contributed by atoms with Gasteiger partial charge < -0.3 is 14.5 Å². The number of rotatable bonds is 7. The molecule has 5 nitrogen and oxygen atoms in total. The molecule has 24 heavy (non-hydrogen) atoms. The molecule has 1 aliphatic heterocycles. The molecule has 1 aliphatic rings. The first-order chi connectivity index (χ1) is 11.3. The van der Waals surface area contributed by atoms with E-state index in [0.717, 1.165) is 13.0 Å². The van der Waals surface area contributed by atoms with Crippen LogP contribution in [0.5, 0.6) is 5.75 Å². The van der Waals surface area contributed by atoms with E-state index in [9.17, 15) is 9.59 Å². The number of fused-ring (bicyclic) bond motifs is 1. The monoisotopic (exact) mass is 352 g/mol. The number of halogens is 1. The summed E-state index contributed by atoms with van der Waals surface area (Å²) in [6, 6.07) is 5.18. The summed E-state index contributed by atoms with van der Waals surface area (Å²) in [5.74, 6) is 0.427. The lowest BCUT2D eigenvalue weighted by molar-refractivity contribution is -0.128. The predicted octanol–water partition coefficient (Wildman–Crippen LogP) is 2.81. The van der Waals surface area contributed by atoms with Gasteiger partial charge in [-0.15, -0.1) is 11.6 Å². The van der Waals surface area contributed by atoms with Gasteiger partial charge in [0.15, 0.2) is 11.9 Å². The van der Waals surface area contributed by atoms with Crippen LogP contribution in [0.25, 0.3) is 0 Å². The van der Waals surface area contributed by atoms with E-state index in [1.807, 2.05) is 27.9 Å². The van der Waals surface area contributed by atoms with E-state index in [1.54, 1.807) is 23.1 Å². The number of ether oxygens (including phenoxy) is 1. The third kappa shape index (κ3) is 4.08. The standard InChI is InChI=1S/C18H25ClN2O3/c1-12(2)17-18(23)21(9-5-8-20(3)4)14-10-13(15(22)11-19)6-7-16(14)24-17/h6-7,10,12,17H,5,8-9,11H2,1-4H3. The second-order valence-corrected chi connectivity index (χ2v) is 6.94. The number of nitrogens with zero attached hydrogens (tertiary/aromatic N) is 2. The van der Waals surface area contributed by atoms with E-state index in [2.05, 4.69) is 4.90 Å². The zero-order chi connectivity index (χ0) is 17.9. The number of hydrogen-bond acceptors (Lipinski definition) is 4. The fourth-order valence-electron chi connectivity index (χ4n) is 2.74. The second kappa shape index (κ2) is 7.99. The quantitative estimate of drug-likeness (QED) is 0.559. The van der Waals surface area contributed by atoms with E-state index in [1.165, 1.54) is 0 Å². The second-order valence-electron chi connectivity index (χ2n) is 6.67. The summed E-state index contributed by atoms with van der Waals surface area (Å²) in [6.07, 6.45) is 0.350. The van der Waals surface area contributed by atoms with Gasteiger partial charge in [0.2, 0.25) is 0 Å². The van der Waals surface area contributed by atoms with Gasteiger partial charge >= 0.3 is 0 Å². The number of carbonyl (C=O) groups excluding carboxylic acids is 2. The molecule has 0 bridgehead atoms. The van der Waals surface area contributed by atoms with Crippen molar-refractivity contribution in [1.82, 2.24) is 4.90 Å². The molecule has 1 aromatic carbocycles. The zero-order valence-electron chi connectivity index (χ0n) is 14.7. The lowest BCUT2D eigenvalue weighted by atomic mass is 10.0. The summed E-state index contributed by atoms with van der Waals surface area (Å²) in [6.45, 7) is 5.41. The molecule has 0 spiro atoms. The Labute approximate surface area is 148 Å². The first-order valence-corrected chi connectivity index (χ1v) is 8.74. The molecule has 0 aromatic heterocycles. The molecule has 1 atom stereocenters. The van der Waals surface area contributed by atoms with Gasteiger partial charge in [-0.25, -0.2) is 0 Å². The van der Waals surface area contributed by atoms with E-state index < -0.39 is 6.10 Å². The van der Waals surface area contributed by atoms with Gasteiger partial charge in [0.25, 0.3) is 5.91 Å². The number of benzene rings is 1. The highest BCUT2D eigenvalue weighted by atomic mass is 35.5. The van der Waals surface area contributed by atoms with Crippen LogP contribution in [0.1, 0.15) is 30.6 Å². The summed E-state index contributed by atoms with van der Waals surface area (Å²) in [5.41, 5.74) is 1.16. The van der Waals surface area contributed by atoms with E-state index in [0.29, 0.717) is 23.5 Å². The van der Waals surface area contributed by atoms with E-state index in [-0.39, 0.29) is 23.5 Å². The largest absolute Gasteiger partial charge is 0.478 e. The van der Waals surface area contributed by atoms with Gasteiger partial charge in [-0.2, -0.15) is 0 Å². The molecular weight excluding hydrogens is 328 g/mol. The molecule has 1 unspecified atom stereocenters. The minimum Gasteiger partial charge on any atom is -0.478 e. The molecule has 1 heterocycles. The van der Waals surface area contributed by atoms with Gasteiger partial charge in [-0.1, -0.05) is 13.8 Å². The van der Waals surface area contributed by atoms with Crippen LogP contribution in [0.3, 0.4) is 0 Å². The molecule has 0 radical (unpaired) electrons. The van der Waals surface area contributed by atoms with Crippen molar-refractivity contribution >= 4 is 29.0 Å². The summed E-state index contributed by atoms with van der Waals surface area (Å²) in [7, 11) is 4.01. The van der Waals surface area contributed by atoms with Gasteiger partial charge in [0.05, 0.1) is 11.6 Å². The highest BCUT2D eigenvalue weighted by Crippen LogP contribution is 2.36. The normalized spacial score (nSPS) is 17.2. The molecular formula is C18H25ClN2O3. The Morgan fingerprint density at radius 3 is 2.67 bits per heavy atom. The van der Waals surface area contributed by atoms with Crippen LogP contribution < -0.4 is 9.64 Å². The topological polar surface area (TPSA) is 49.9 Å². The average Bonchev–Trinajstić information content (AvgIpc) is 2.54. The number of alkyl halides is 1. The fraction of sp³-hybridized carbons (Fsp3) is 0.556. The molecule has 6 heteroatoms. The van der Waals surface area contributed by atoms with Crippen molar-refractivity contribution in [2.24, 2.45) is 5.92 Å². The van der Waals surface area contributed by atoms with Crippen molar-refractivity contribution < 1.29 is 14.3 Å². The lowest BCUT2D eigenvalue weighted by Crippen LogP contribution is -2.49. The molecule has 0 saturated heterocycles.